The Morgan fingerprint density at radius 2 is 1.68 bits per heavy atom. The molecule has 1 aromatic carbocycles. The molecule has 10 heteroatoms. The van der Waals surface area contributed by atoms with E-state index in [0.717, 1.165) is 53.8 Å². The quantitative estimate of drug-likeness (QED) is 0.228. The molecule has 4 saturated carbocycles. The van der Waals surface area contributed by atoms with Crippen LogP contribution in [0, 0.1) is 35.2 Å². The number of carboxylic acids is 1. The zero-order chi connectivity index (χ0) is 27.2. The predicted octanol–water partition coefficient (Wildman–Crippen LogP) is -2.06. The first-order chi connectivity index (χ1) is 17.9. The number of benzene rings is 1. The van der Waals surface area contributed by atoms with Crippen LogP contribution in [0.2, 0.25) is 0 Å². The van der Waals surface area contributed by atoms with Crippen LogP contribution in [0.1, 0.15) is 81.7 Å². The van der Waals surface area contributed by atoms with Crippen LogP contribution in [0.3, 0.4) is 0 Å². The van der Waals surface area contributed by atoms with E-state index < -0.39 is 32.0 Å². The Morgan fingerprint density at radius 3 is 2.17 bits per heavy atom. The van der Waals surface area contributed by atoms with Crippen LogP contribution in [-0.2, 0) is 14.8 Å². The van der Waals surface area contributed by atoms with Crippen molar-refractivity contribution in [3.63, 3.8) is 0 Å². The largest absolute Gasteiger partial charge is 1.00 e. The second-order valence-electron chi connectivity index (χ2n) is 12.0. The van der Waals surface area contributed by atoms with Gasteiger partial charge in [-0.25, -0.2) is 4.39 Å². The van der Waals surface area contributed by atoms with Gasteiger partial charge in [-0.2, -0.15) is 0 Å². The first-order valence-corrected chi connectivity index (χ1v) is 15.3. The standard InChI is InChI=1S/C30H35FNO5P.2Na/c1-18(2)29-25(7-8-38(36,37)17-24(33)12-28(34)35)26(22-3-5-23(31)6-4-22)13-27(32-29)30-14-19-9-20(15-30)11-21(10-19)16-30;;/h3-6,13,18-21,24,33H,9-12,14-17H2,1-2H3,(H,34,35)(H,36,37);;/q;2*+1/p-2/t19?,20?,21?,24-,30?;;/m1../s1. The second-order valence-corrected chi connectivity index (χ2v) is 13.9. The van der Waals surface area contributed by atoms with Gasteiger partial charge in [-0.1, -0.05) is 31.9 Å². The van der Waals surface area contributed by atoms with Crippen LogP contribution >= 0.6 is 7.37 Å². The fourth-order valence-electron chi connectivity index (χ4n) is 7.39. The number of aliphatic hydroxyl groups excluding tert-OH is 1. The zero-order valence-electron chi connectivity index (χ0n) is 23.8. The van der Waals surface area contributed by atoms with E-state index in [0.29, 0.717) is 11.3 Å². The number of hydrogen-bond donors (Lipinski definition) is 1. The van der Waals surface area contributed by atoms with Gasteiger partial charge in [0.1, 0.15) is 5.82 Å². The number of aliphatic carboxylic acids is 1. The van der Waals surface area contributed by atoms with Gasteiger partial charge < -0.3 is 24.5 Å². The average molecular weight is 584 g/mol. The van der Waals surface area contributed by atoms with Gasteiger partial charge in [0.2, 0.25) is 0 Å². The molecule has 0 aliphatic heterocycles. The van der Waals surface area contributed by atoms with Crippen LogP contribution in [0.15, 0.2) is 30.3 Å². The summed E-state index contributed by atoms with van der Waals surface area (Å²) in [5.41, 5.74) is 5.95. The SMILES string of the molecule is CC(C)c1nc(C23CC4CC(CC(C4)C2)C3)cc(-c2ccc(F)cc2)c1C#CP(=O)([O-])C[C@H](O)CC(=O)[O-].[Na+].[Na+]. The maximum Gasteiger partial charge on any atom is 1.00 e. The van der Waals surface area contributed by atoms with E-state index in [1.54, 1.807) is 12.1 Å². The third-order valence-electron chi connectivity index (χ3n) is 8.54. The third kappa shape index (κ3) is 7.51. The van der Waals surface area contributed by atoms with Crippen molar-refractivity contribution in [2.75, 3.05) is 6.16 Å². The molecule has 202 valence electrons. The van der Waals surface area contributed by atoms with Crippen LogP contribution in [0.5, 0.6) is 0 Å². The Labute approximate surface area is 280 Å². The molecule has 1 aromatic heterocycles. The number of rotatable bonds is 7. The van der Waals surface area contributed by atoms with E-state index in [9.17, 15) is 28.9 Å². The predicted molar refractivity (Wildman–Crippen MR) is 139 cm³/mol. The molecular weight excluding hydrogens is 550 g/mol. The molecular formula is C30H33FNNa2O5P. The van der Waals surface area contributed by atoms with Gasteiger partial charge in [0.05, 0.1) is 24.7 Å². The zero-order valence-corrected chi connectivity index (χ0v) is 28.7. The second kappa shape index (κ2) is 13.4. The maximum absolute atomic E-state index is 13.8. The Morgan fingerprint density at radius 1 is 1.12 bits per heavy atom. The molecule has 2 aromatic rings. The fourth-order valence-corrected chi connectivity index (χ4v) is 8.45. The molecule has 2 atom stereocenters. The Balaban J connectivity index is 0.00000220. The van der Waals surface area contributed by atoms with Crippen molar-refractivity contribution in [3.05, 3.63) is 53.1 Å². The molecule has 40 heavy (non-hydrogen) atoms. The first kappa shape index (κ1) is 34.0. The summed E-state index contributed by atoms with van der Waals surface area (Å²) in [7, 11) is -4.44. The van der Waals surface area contributed by atoms with Crippen LogP contribution in [0.25, 0.3) is 11.1 Å². The molecule has 6 nitrogen and oxygen atoms in total. The van der Waals surface area contributed by atoms with Crippen molar-refractivity contribution in [1.82, 2.24) is 4.98 Å². The summed E-state index contributed by atoms with van der Waals surface area (Å²) < 4.78 is 26.5. The van der Waals surface area contributed by atoms with Gasteiger partial charge in [-0.05, 0) is 91.6 Å². The third-order valence-corrected chi connectivity index (χ3v) is 9.89. The number of carboxylic acid groups (broad SMARTS) is 1. The molecule has 6 rings (SSSR count). The van der Waals surface area contributed by atoms with Crippen molar-refractivity contribution in [1.29, 1.82) is 0 Å². The normalized spacial score (nSPS) is 26.6. The summed E-state index contributed by atoms with van der Waals surface area (Å²) in [6, 6.07) is 8.13. The molecule has 1 N–H and O–H groups in total. The number of carbonyl (C=O) groups excluding carboxylic acids is 1. The molecule has 1 heterocycles. The van der Waals surface area contributed by atoms with Crippen LogP contribution < -0.4 is 69.1 Å². The van der Waals surface area contributed by atoms with Gasteiger partial charge >= 0.3 is 59.1 Å². The average Bonchev–Trinajstić information content (AvgIpc) is 2.81. The van der Waals surface area contributed by atoms with E-state index in [1.165, 1.54) is 31.4 Å². The summed E-state index contributed by atoms with van der Waals surface area (Å²) in [5, 5.41) is 20.6. The summed E-state index contributed by atoms with van der Waals surface area (Å²) in [4.78, 5) is 28.6. The molecule has 4 fully saturated rings. The van der Waals surface area contributed by atoms with Gasteiger partial charge in [0, 0.05) is 35.2 Å². The molecule has 0 radical (unpaired) electrons. The van der Waals surface area contributed by atoms with Crippen molar-refractivity contribution in [3.8, 4) is 22.7 Å². The van der Waals surface area contributed by atoms with E-state index in [4.69, 9.17) is 4.98 Å². The summed E-state index contributed by atoms with van der Waals surface area (Å²) in [5.74, 6) is 3.03. The molecule has 1 unspecified atom stereocenters. The molecule has 0 spiro atoms. The molecule has 4 aliphatic rings. The molecule has 4 aliphatic carbocycles. The number of hydrogen-bond acceptors (Lipinski definition) is 6. The van der Waals surface area contributed by atoms with E-state index >= 15 is 0 Å². The number of nitrogens with zero attached hydrogens (tertiary/aromatic N) is 1. The number of pyridine rings is 1. The topological polar surface area (TPSA) is 113 Å². The Kier molecular flexibility index (Phi) is 11.4. The summed E-state index contributed by atoms with van der Waals surface area (Å²) >= 11 is 0. The minimum absolute atomic E-state index is 0. The number of aromatic nitrogens is 1. The van der Waals surface area contributed by atoms with Gasteiger partial charge in [-0.3, -0.25) is 4.98 Å². The minimum atomic E-state index is -4.44. The summed E-state index contributed by atoms with van der Waals surface area (Å²) in [6.45, 7) is 3.98. The molecule has 0 saturated heterocycles. The van der Waals surface area contributed by atoms with Gasteiger partial charge in [-0.15, -0.1) is 0 Å². The van der Waals surface area contributed by atoms with Gasteiger partial charge in [0.25, 0.3) is 0 Å². The van der Waals surface area contributed by atoms with Crippen molar-refractivity contribution < 1.29 is 88.0 Å². The van der Waals surface area contributed by atoms with E-state index in [2.05, 4.69) is 11.6 Å². The number of carbonyl (C=O) groups is 1. The Hall–Kier alpha value is -0.520. The van der Waals surface area contributed by atoms with Crippen molar-refractivity contribution >= 4 is 13.3 Å². The van der Waals surface area contributed by atoms with Crippen molar-refractivity contribution in [2.24, 2.45) is 17.8 Å². The number of aliphatic hydroxyl groups is 1. The Bertz CT molecular complexity index is 1320. The molecule has 0 amide bonds. The van der Waals surface area contributed by atoms with Crippen LogP contribution in [-0.4, -0.2) is 28.3 Å². The summed E-state index contributed by atoms with van der Waals surface area (Å²) in [6.07, 6.45) is 4.07. The minimum Gasteiger partial charge on any atom is -0.790 e. The molecule has 4 bridgehead atoms. The van der Waals surface area contributed by atoms with Crippen molar-refractivity contribution in [2.45, 2.75) is 76.2 Å². The van der Waals surface area contributed by atoms with Gasteiger partial charge in [0.15, 0.2) is 0 Å². The number of halogens is 1. The van der Waals surface area contributed by atoms with E-state index in [1.807, 2.05) is 19.9 Å². The smallest absolute Gasteiger partial charge is 0.790 e. The van der Waals surface area contributed by atoms with E-state index in [-0.39, 0.29) is 76.3 Å². The fraction of sp³-hybridized carbons (Fsp3) is 0.533. The first-order valence-electron chi connectivity index (χ1n) is 13.5. The monoisotopic (exact) mass is 583 g/mol. The maximum atomic E-state index is 13.8. The van der Waals surface area contributed by atoms with Crippen LogP contribution in [0.4, 0.5) is 4.39 Å².